The van der Waals surface area contributed by atoms with Crippen LogP contribution < -0.4 is 11.3 Å². The molecule has 0 saturated heterocycles. The Morgan fingerprint density at radius 1 is 1.25 bits per heavy atom. The molecular weight excluding hydrogens is 324 g/mol. The topological polar surface area (TPSA) is 90.9 Å². The Kier molecular flexibility index (Phi) is 4.35. The number of nitrogens with zero attached hydrogens (tertiary/aromatic N) is 3. The van der Waals surface area contributed by atoms with E-state index in [-0.39, 0.29) is 5.56 Å². The lowest BCUT2D eigenvalue weighted by Gasteiger charge is -2.14. The largest absolute Gasteiger partial charge is 0.369 e. The molecule has 24 heavy (non-hydrogen) atoms. The third kappa shape index (κ3) is 3.03. The van der Waals surface area contributed by atoms with E-state index < -0.39 is 11.2 Å². The van der Waals surface area contributed by atoms with Crippen LogP contribution in [0.5, 0.6) is 0 Å². The number of benzene rings is 1. The van der Waals surface area contributed by atoms with E-state index in [4.69, 9.17) is 5.73 Å². The van der Waals surface area contributed by atoms with E-state index in [0.29, 0.717) is 21.9 Å². The minimum atomic E-state index is -0.519. The third-order valence-corrected chi connectivity index (χ3v) is 4.62. The predicted molar refractivity (Wildman–Crippen MR) is 94.4 cm³/mol. The maximum Gasteiger partial charge on any atom is 0.267 e. The summed E-state index contributed by atoms with van der Waals surface area (Å²) in [4.78, 5) is 33.2. The minimum absolute atomic E-state index is 0.226. The summed E-state index contributed by atoms with van der Waals surface area (Å²) in [5.74, 6) is -0.00570. The highest BCUT2D eigenvalue weighted by Crippen LogP contribution is 2.24. The highest BCUT2D eigenvalue weighted by atomic mass is 32.2. The summed E-state index contributed by atoms with van der Waals surface area (Å²) in [7, 11) is 0. The van der Waals surface area contributed by atoms with Crippen LogP contribution in [0, 0.1) is 6.92 Å². The van der Waals surface area contributed by atoms with Crippen LogP contribution in [-0.4, -0.2) is 25.7 Å². The number of thioether (sulfide) groups is 1. The maximum atomic E-state index is 12.9. The van der Waals surface area contributed by atoms with Gasteiger partial charge in [-0.2, -0.15) is 0 Å². The van der Waals surface area contributed by atoms with Crippen LogP contribution in [0.1, 0.15) is 12.5 Å². The molecule has 0 spiro atoms. The van der Waals surface area contributed by atoms with E-state index in [1.165, 1.54) is 4.57 Å². The molecule has 1 atom stereocenters. The Bertz CT molecular complexity index is 966. The fourth-order valence-corrected chi connectivity index (χ4v) is 3.07. The molecule has 2 N–H and O–H groups in total. The number of aromatic nitrogens is 3. The first-order chi connectivity index (χ1) is 11.5. The van der Waals surface area contributed by atoms with Gasteiger partial charge >= 0.3 is 0 Å². The van der Waals surface area contributed by atoms with Crippen LogP contribution in [0.2, 0.25) is 0 Å². The molecule has 0 aliphatic carbocycles. The average molecular weight is 340 g/mol. The second-order valence-electron chi connectivity index (χ2n) is 5.41. The van der Waals surface area contributed by atoms with Gasteiger partial charge in [-0.1, -0.05) is 30.0 Å². The first-order valence-corrected chi connectivity index (χ1v) is 8.26. The van der Waals surface area contributed by atoms with Gasteiger partial charge in [0.25, 0.3) is 5.56 Å². The van der Waals surface area contributed by atoms with Gasteiger partial charge in [0.2, 0.25) is 5.91 Å². The van der Waals surface area contributed by atoms with Gasteiger partial charge in [0.1, 0.15) is 5.82 Å². The number of pyridine rings is 1. The molecule has 0 bridgehead atoms. The van der Waals surface area contributed by atoms with Crippen molar-refractivity contribution in [3.05, 3.63) is 58.5 Å². The van der Waals surface area contributed by atoms with Crippen molar-refractivity contribution < 1.29 is 4.79 Å². The van der Waals surface area contributed by atoms with E-state index in [1.807, 2.05) is 19.1 Å². The van der Waals surface area contributed by atoms with Crippen LogP contribution in [0.25, 0.3) is 16.7 Å². The van der Waals surface area contributed by atoms with Gasteiger partial charge < -0.3 is 5.73 Å². The average Bonchev–Trinajstić information content (AvgIpc) is 2.56. The van der Waals surface area contributed by atoms with Crippen LogP contribution in [0.15, 0.2) is 52.5 Å². The lowest BCUT2D eigenvalue weighted by molar-refractivity contribution is -0.117. The van der Waals surface area contributed by atoms with Crippen molar-refractivity contribution in [2.75, 3.05) is 0 Å². The number of amides is 1. The number of para-hydroxylation sites is 1. The van der Waals surface area contributed by atoms with Crippen LogP contribution in [-0.2, 0) is 4.79 Å². The molecule has 7 heteroatoms. The van der Waals surface area contributed by atoms with Gasteiger partial charge in [0.05, 0.1) is 16.2 Å². The Hall–Kier alpha value is -2.67. The zero-order valence-electron chi connectivity index (χ0n) is 13.3. The molecular formula is C17H16N4O2S. The van der Waals surface area contributed by atoms with Crippen LogP contribution in [0.3, 0.4) is 0 Å². The molecule has 3 rings (SSSR count). The maximum absolute atomic E-state index is 12.9. The number of fused-ring (bicyclic) bond motifs is 1. The molecule has 0 aliphatic rings. The number of hydrogen-bond donors (Lipinski definition) is 1. The van der Waals surface area contributed by atoms with Crippen molar-refractivity contribution in [3.8, 4) is 5.82 Å². The number of rotatable bonds is 4. The molecule has 6 nitrogen and oxygen atoms in total. The fourth-order valence-electron chi connectivity index (χ4n) is 2.20. The summed E-state index contributed by atoms with van der Waals surface area (Å²) in [5, 5.41) is 0.368. The third-order valence-electron chi connectivity index (χ3n) is 3.55. The second kappa shape index (κ2) is 6.45. The first-order valence-electron chi connectivity index (χ1n) is 7.38. The molecule has 0 fully saturated rings. The predicted octanol–water partition coefficient (Wildman–Crippen LogP) is 2.06. The van der Waals surface area contributed by atoms with Crippen molar-refractivity contribution in [2.24, 2.45) is 5.73 Å². The molecule has 2 aromatic heterocycles. The summed E-state index contributed by atoms with van der Waals surface area (Å²) in [6, 6.07) is 10.7. The highest BCUT2D eigenvalue weighted by Gasteiger charge is 2.18. The van der Waals surface area contributed by atoms with Gasteiger partial charge in [0.15, 0.2) is 5.16 Å². The molecule has 1 unspecified atom stereocenters. The molecule has 1 amide bonds. The highest BCUT2D eigenvalue weighted by molar-refractivity contribution is 8.00. The van der Waals surface area contributed by atoms with Crippen molar-refractivity contribution in [3.63, 3.8) is 0 Å². The SMILES string of the molecule is Cc1ccc(-n2c(SC(C)C(N)=O)nc3ccccc3c2=O)nc1. The summed E-state index contributed by atoms with van der Waals surface area (Å²) < 4.78 is 1.42. The molecule has 3 aromatic rings. The summed E-state index contributed by atoms with van der Waals surface area (Å²) in [6.07, 6.45) is 1.68. The van der Waals surface area contributed by atoms with E-state index >= 15 is 0 Å². The van der Waals surface area contributed by atoms with Crippen LogP contribution in [0.4, 0.5) is 0 Å². The number of carbonyl (C=O) groups is 1. The van der Waals surface area contributed by atoms with Gasteiger partial charge in [-0.05, 0) is 37.6 Å². The monoisotopic (exact) mass is 340 g/mol. The molecule has 0 saturated carbocycles. The minimum Gasteiger partial charge on any atom is -0.369 e. The summed E-state index contributed by atoms with van der Waals surface area (Å²) in [5.41, 5.74) is 6.69. The van der Waals surface area contributed by atoms with Crippen molar-refractivity contribution >= 4 is 28.6 Å². The number of aryl methyl sites for hydroxylation is 1. The molecule has 122 valence electrons. The van der Waals surface area contributed by atoms with Crippen molar-refractivity contribution in [1.82, 2.24) is 14.5 Å². The molecule has 2 heterocycles. The fraction of sp³-hybridized carbons (Fsp3) is 0.176. The molecule has 1 aromatic carbocycles. The normalized spacial score (nSPS) is 12.2. The lowest BCUT2D eigenvalue weighted by atomic mass is 10.2. The Morgan fingerprint density at radius 2 is 2.00 bits per heavy atom. The van der Waals surface area contributed by atoms with Gasteiger partial charge in [-0.25, -0.2) is 14.5 Å². The van der Waals surface area contributed by atoms with Crippen molar-refractivity contribution in [2.45, 2.75) is 24.3 Å². The Labute approximate surface area is 142 Å². The first kappa shape index (κ1) is 16.2. The van der Waals surface area contributed by atoms with E-state index in [0.717, 1.165) is 17.3 Å². The number of primary amides is 1. The van der Waals surface area contributed by atoms with Crippen molar-refractivity contribution in [1.29, 1.82) is 0 Å². The summed E-state index contributed by atoms with van der Waals surface area (Å²) in [6.45, 7) is 3.60. The smallest absolute Gasteiger partial charge is 0.267 e. The van der Waals surface area contributed by atoms with E-state index in [2.05, 4.69) is 9.97 Å². The van der Waals surface area contributed by atoms with E-state index in [1.54, 1.807) is 37.4 Å². The zero-order valence-corrected chi connectivity index (χ0v) is 14.1. The number of nitrogens with two attached hydrogens (primary N) is 1. The zero-order chi connectivity index (χ0) is 17.3. The van der Waals surface area contributed by atoms with Crippen LogP contribution >= 0.6 is 11.8 Å². The standard InChI is InChI=1S/C17H16N4O2S/c1-10-7-8-14(19-9-10)21-16(23)12-5-3-4-6-13(12)20-17(21)24-11(2)15(18)22/h3-9,11H,1-2H3,(H2,18,22). The lowest BCUT2D eigenvalue weighted by Crippen LogP contribution is -2.26. The second-order valence-corrected chi connectivity index (χ2v) is 6.72. The Morgan fingerprint density at radius 3 is 2.67 bits per heavy atom. The number of carbonyl (C=O) groups excluding carboxylic acids is 1. The van der Waals surface area contributed by atoms with E-state index in [9.17, 15) is 9.59 Å². The summed E-state index contributed by atoms with van der Waals surface area (Å²) >= 11 is 1.14. The van der Waals surface area contributed by atoms with Gasteiger partial charge in [-0.15, -0.1) is 0 Å². The number of hydrogen-bond acceptors (Lipinski definition) is 5. The quantitative estimate of drug-likeness (QED) is 0.580. The van der Waals surface area contributed by atoms with Gasteiger partial charge in [-0.3, -0.25) is 9.59 Å². The van der Waals surface area contributed by atoms with Gasteiger partial charge in [0, 0.05) is 6.20 Å². The molecule has 0 radical (unpaired) electrons. The Balaban J connectivity index is 2.27. The molecule has 0 aliphatic heterocycles.